The molecule has 3 aromatic carbocycles. The molecule has 0 fully saturated rings. The fraction of sp³-hybridized carbons (Fsp3) is 0.200. The van der Waals surface area contributed by atoms with Gasteiger partial charge in [-0.15, -0.1) is 0 Å². The van der Waals surface area contributed by atoms with E-state index in [0.717, 1.165) is 35.3 Å². The van der Waals surface area contributed by atoms with Crippen molar-refractivity contribution in [3.8, 4) is 0 Å². The van der Waals surface area contributed by atoms with E-state index in [1.54, 1.807) is 6.07 Å². The average Bonchev–Trinajstić information content (AvgIpc) is 3.62. The third-order valence-electron chi connectivity index (χ3n) is 8.58. The molecule has 292 valence electrons. The van der Waals surface area contributed by atoms with Crippen molar-refractivity contribution in [3.05, 3.63) is 153 Å². The highest BCUT2D eigenvalue weighted by molar-refractivity contribution is 8.03. The maximum atomic E-state index is 10.7. The number of halogens is 4. The quantitative estimate of drug-likeness (QED) is 0.0827. The van der Waals surface area contributed by atoms with Crippen molar-refractivity contribution >= 4 is 62.7 Å². The number of aromatic nitrogens is 4. The maximum Gasteiger partial charge on any atom is 0.485 e. The number of allylic oxidation sites excluding steroid dienone is 2. The van der Waals surface area contributed by atoms with Gasteiger partial charge in [-0.1, -0.05) is 65.9 Å². The summed E-state index contributed by atoms with van der Waals surface area (Å²) in [5, 5.41) is 5.08. The topological polar surface area (TPSA) is 109 Å². The normalized spacial score (nSPS) is 14.9. The zero-order valence-corrected chi connectivity index (χ0v) is 33.8. The van der Waals surface area contributed by atoms with Crippen LogP contribution in [0.1, 0.15) is 33.9 Å². The largest absolute Gasteiger partial charge is 0.741 e. The highest BCUT2D eigenvalue weighted by Crippen LogP contribution is 2.45. The smallest absolute Gasteiger partial charge is 0.485 e. The summed E-state index contributed by atoms with van der Waals surface area (Å²) in [6, 6.07) is 25.2. The molecule has 0 saturated heterocycles. The van der Waals surface area contributed by atoms with Crippen LogP contribution in [0.25, 0.3) is 12.2 Å². The molecule has 0 saturated carbocycles. The van der Waals surface area contributed by atoms with E-state index in [2.05, 4.69) is 130 Å². The van der Waals surface area contributed by atoms with E-state index in [9.17, 15) is 13.2 Å². The van der Waals surface area contributed by atoms with Gasteiger partial charge in [0.1, 0.15) is 12.0 Å². The third-order valence-corrected chi connectivity index (χ3v) is 10.5. The number of thioether (sulfide) groups is 1. The van der Waals surface area contributed by atoms with Crippen LogP contribution in [0.15, 0.2) is 119 Å². The van der Waals surface area contributed by atoms with Crippen LogP contribution in [-0.2, 0) is 30.6 Å². The van der Waals surface area contributed by atoms with E-state index < -0.39 is 15.6 Å². The van der Waals surface area contributed by atoms with Gasteiger partial charge in [-0.05, 0) is 76.9 Å². The first-order valence-electron chi connectivity index (χ1n) is 17.1. The monoisotopic (exact) mass is 822 g/mol. The second-order valence-electron chi connectivity index (χ2n) is 12.9. The van der Waals surface area contributed by atoms with Crippen molar-refractivity contribution in [2.45, 2.75) is 30.7 Å². The van der Waals surface area contributed by atoms with E-state index in [0.29, 0.717) is 5.15 Å². The first-order valence-corrected chi connectivity index (χ1v) is 19.7. The molecule has 4 heterocycles. The number of nitrogens with one attached hydrogen (secondary N) is 1. The van der Waals surface area contributed by atoms with E-state index in [-0.39, 0.29) is 0 Å². The van der Waals surface area contributed by atoms with Crippen molar-refractivity contribution < 1.29 is 35.3 Å². The van der Waals surface area contributed by atoms with Crippen molar-refractivity contribution in [2.24, 2.45) is 14.1 Å². The molecule has 0 amide bonds. The summed E-state index contributed by atoms with van der Waals surface area (Å²) in [7, 11) is 2.04. The Hall–Kier alpha value is -5.22. The molecule has 0 atom stereocenters. The maximum absolute atomic E-state index is 10.7. The fourth-order valence-electron chi connectivity index (χ4n) is 5.51. The number of alkyl halides is 3. The number of aryl methyl sites for hydroxylation is 4. The van der Waals surface area contributed by atoms with Crippen LogP contribution < -0.4 is 24.3 Å². The summed E-state index contributed by atoms with van der Waals surface area (Å²) in [5.74, 6) is 2.72. The van der Waals surface area contributed by atoms with Crippen LogP contribution in [0.4, 0.5) is 30.2 Å². The van der Waals surface area contributed by atoms with Gasteiger partial charge in [0.15, 0.2) is 10.1 Å². The van der Waals surface area contributed by atoms with Gasteiger partial charge >= 0.3 is 17.2 Å². The summed E-state index contributed by atoms with van der Waals surface area (Å²) in [6.45, 7) is 4.25. The van der Waals surface area contributed by atoms with Crippen molar-refractivity contribution in [1.29, 1.82) is 0 Å². The lowest BCUT2D eigenvalue weighted by molar-refractivity contribution is -0.676. The van der Waals surface area contributed by atoms with E-state index in [4.69, 9.17) is 24.6 Å². The highest BCUT2D eigenvalue weighted by atomic mass is 35.5. The highest BCUT2D eigenvalue weighted by Gasteiger charge is 2.37. The molecular weight excluding hydrogens is 783 g/mol. The molecule has 0 bridgehead atoms. The Morgan fingerprint density at radius 1 is 0.911 bits per heavy atom. The number of hydrogen-bond donors (Lipinski definition) is 1. The molecule has 2 aromatic heterocycles. The number of para-hydroxylation sites is 2. The molecule has 0 radical (unpaired) electrons. The summed E-state index contributed by atoms with van der Waals surface area (Å²) < 4.78 is 62.9. The van der Waals surface area contributed by atoms with E-state index in [1.165, 1.54) is 37.9 Å². The van der Waals surface area contributed by atoms with Gasteiger partial charge in [0, 0.05) is 43.1 Å². The first-order chi connectivity index (χ1) is 26.4. The summed E-state index contributed by atoms with van der Waals surface area (Å²) >= 11 is 7.75. The minimum atomic E-state index is -6.09. The summed E-state index contributed by atoms with van der Waals surface area (Å²) in [4.78, 5) is 14.6. The van der Waals surface area contributed by atoms with Crippen LogP contribution in [0.2, 0.25) is 5.15 Å². The molecule has 0 aliphatic carbocycles. The number of nitrogens with zero attached hydrogens (tertiary/aromatic N) is 6. The number of anilines is 3. The number of hydrogen-bond acceptors (Lipinski definition) is 9. The lowest BCUT2D eigenvalue weighted by Gasteiger charge is -2.12. The predicted octanol–water partition coefficient (Wildman–Crippen LogP) is 7.68. The average molecular weight is 823 g/mol. The number of rotatable bonds is 5. The Bertz CT molecular complexity index is 2420. The van der Waals surface area contributed by atoms with Crippen LogP contribution in [0, 0.1) is 13.8 Å². The molecule has 10 nitrogen and oxygen atoms in total. The molecule has 2 aliphatic rings. The number of benzene rings is 3. The van der Waals surface area contributed by atoms with Gasteiger partial charge in [0.2, 0.25) is 5.15 Å². The first kappa shape index (κ1) is 41.9. The van der Waals surface area contributed by atoms with Gasteiger partial charge in [-0.3, -0.25) is 0 Å². The standard InChI is InChI=1S/C25H26N3S.C14H13ClN4.CHF3O3S/c1-18-8-11-20(12-9-18)15-21-16-26-24(27(3)17-21)6-5-7-25-28(4)22-13-10-19(2)14-23(22)29-25;1-18-8-7-12(15)17-13(18)9-14-16-10-5-3-4-6-11(10)19(14)2;2-1(3,4)8(5,6)7/h5-14,16-17H,15H2,1-4H3;3-9H,1-2H3;(H,5,6,7)/q+1;;. The minimum absolute atomic E-state index is 0.489. The second kappa shape index (κ2) is 17.7. The predicted molar refractivity (Wildman–Crippen MR) is 215 cm³/mol. The molecule has 5 aromatic rings. The van der Waals surface area contributed by atoms with E-state index >= 15 is 0 Å². The molecule has 0 unspecified atom stereocenters. The molecule has 7 rings (SSSR count). The second-order valence-corrected chi connectivity index (χ2v) is 15.8. The van der Waals surface area contributed by atoms with Gasteiger partial charge in [-0.2, -0.15) is 13.2 Å². The molecule has 16 heteroatoms. The Morgan fingerprint density at radius 2 is 1.59 bits per heavy atom. The fourth-order valence-corrected chi connectivity index (χ4v) is 6.82. The minimum Gasteiger partial charge on any atom is -0.741 e. The van der Waals surface area contributed by atoms with Gasteiger partial charge < -0.3 is 19.7 Å². The molecule has 0 spiro atoms. The van der Waals surface area contributed by atoms with Crippen molar-refractivity contribution in [2.75, 3.05) is 29.2 Å². The zero-order valence-electron chi connectivity index (χ0n) is 31.4. The third kappa shape index (κ3) is 10.8. The van der Waals surface area contributed by atoms with Gasteiger partial charge in [0.25, 0.3) is 0 Å². The SMILES string of the molecule is CN1C(=Cc2nc(Cl)cc[n+]2C)Nc2ccccc21.Cc1ccc(Cc2cnc(C=CC=C3Sc4cc(C)ccc4N3C)[n+](C)c2)cc1.O=S(=O)([O-])C(F)(F)F. The van der Waals surface area contributed by atoms with Gasteiger partial charge in [-0.25, -0.2) is 17.6 Å². The Balaban J connectivity index is 0.000000190. The zero-order chi connectivity index (χ0) is 40.8. The van der Waals surface area contributed by atoms with Crippen molar-refractivity contribution in [3.63, 3.8) is 0 Å². The van der Waals surface area contributed by atoms with Gasteiger partial charge in [0.05, 0.1) is 54.7 Å². The molecule has 1 N–H and O–H groups in total. The Labute approximate surface area is 334 Å². The summed E-state index contributed by atoms with van der Waals surface area (Å²) in [6.07, 6.45) is 15.2. The number of fused-ring (bicyclic) bond motifs is 2. The Kier molecular flexibility index (Phi) is 13.3. The molecule has 2 aliphatic heterocycles. The Morgan fingerprint density at radius 3 is 2.25 bits per heavy atom. The lowest BCUT2D eigenvalue weighted by Crippen LogP contribution is -2.33. The van der Waals surface area contributed by atoms with Crippen LogP contribution in [0.5, 0.6) is 0 Å². The summed E-state index contributed by atoms with van der Waals surface area (Å²) in [5.41, 5.74) is 2.97. The van der Waals surface area contributed by atoms with E-state index in [1.807, 2.05) is 68.1 Å². The van der Waals surface area contributed by atoms with Crippen molar-refractivity contribution in [1.82, 2.24) is 9.97 Å². The van der Waals surface area contributed by atoms with Crippen LogP contribution in [-0.4, -0.2) is 42.5 Å². The molecular formula is C40H40ClF3N7O3S2+. The molecule has 56 heavy (non-hydrogen) atoms. The van der Waals surface area contributed by atoms with Crippen LogP contribution in [0.3, 0.4) is 0 Å². The van der Waals surface area contributed by atoms with Crippen LogP contribution >= 0.6 is 23.4 Å². The lowest BCUT2D eigenvalue weighted by atomic mass is 10.1.